The minimum absolute atomic E-state index is 0.157. The fourth-order valence-corrected chi connectivity index (χ4v) is 2.52. The molecule has 0 fully saturated rings. The summed E-state index contributed by atoms with van der Waals surface area (Å²) in [4.78, 5) is 37.2. The van der Waals surface area contributed by atoms with Gasteiger partial charge >= 0.3 is 0 Å². The van der Waals surface area contributed by atoms with E-state index in [1.54, 1.807) is 0 Å². The Balaban J connectivity index is 1.40. The van der Waals surface area contributed by atoms with Gasteiger partial charge in [0.15, 0.2) is 0 Å². The fraction of sp³-hybridized carbons (Fsp3) is 0.136. The number of aromatic nitrogens is 1. The molecule has 7 heteroatoms. The van der Waals surface area contributed by atoms with E-state index in [2.05, 4.69) is 15.6 Å². The van der Waals surface area contributed by atoms with Crippen LogP contribution in [-0.4, -0.2) is 23.3 Å². The van der Waals surface area contributed by atoms with Gasteiger partial charge in [0, 0.05) is 18.8 Å². The number of carbonyl (C=O) groups is 2. The van der Waals surface area contributed by atoms with Crippen molar-refractivity contribution in [3.05, 3.63) is 100.0 Å². The molecule has 0 unspecified atom stereocenters. The van der Waals surface area contributed by atoms with E-state index in [9.17, 15) is 14.4 Å². The number of benzene rings is 2. The number of pyridine rings is 1. The largest absolute Gasteiger partial charge is 0.489 e. The summed E-state index contributed by atoms with van der Waals surface area (Å²) < 4.78 is 5.73. The van der Waals surface area contributed by atoms with E-state index in [4.69, 9.17) is 4.74 Å². The highest BCUT2D eigenvalue weighted by Gasteiger charge is 2.08. The minimum Gasteiger partial charge on any atom is -0.489 e. The zero-order chi connectivity index (χ0) is 20.5. The van der Waals surface area contributed by atoms with Crippen molar-refractivity contribution in [2.75, 3.05) is 6.54 Å². The van der Waals surface area contributed by atoms with Crippen molar-refractivity contribution in [2.24, 2.45) is 0 Å². The van der Waals surface area contributed by atoms with Gasteiger partial charge in [-0.3, -0.25) is 14.4 Å². The monoisotopic (exact) mass is 391 g/mol. The number of hydrogen-bond acceptors (Lipinski definition) is 4. The van der Waals surface area contributed by atoms with Gasteiger partial charge in [-0.25, -0.2) is 0 Å². The van der Waals surface area contributed by atoms with Crippen LogP contribution in [0.15, 0.2) is 77.7 Å². The first-order valence-electron chi connectivity index (χ1n) is 9.09. The Labute approximate surface area is 167 Å². The SMILES string of the molecule is O=C(CNC(=O)c1ccc(=O)[nH]c1)NCc1ccc(OCc2ccccc2)cc1. The van der Waals surface area contributed by atoms with Crippen LogP contribution >= 0.6 is 0 Å². The van der Waals surface area contributed by atoms with Crippen molar-refractivity contribution in [2.45, 2.75) is 13.2 Å². The highest BCUT2D eigenvalue weighted by molar-refractivity contribution is 5.96. The summed E-state index contributed by atoms with van der Waals surface area (Å²) in [6.45, 7) is 0.675. The van der Waals surface area contributed by atoms with Crippen LogP contribution in [0.5, 0.6) is 5.75 Å². The average Bonchev–Trinajstić information content (AvgIpc) is 2.76. The van der Waals surface area contributed by atoms with Gasteiger partial charge in [-0.15, -0.1) is 0 Å². The average molecular weight is 391 g/mol. The minimum atomic E-state index is -0.434. The number of hydrogen-bond donors (Lipinski definition) is 3. The Morgan fingerprint density at radius 2 is 1.62 bits per heavy atom. The van der Waals surface area contributed by atoms with E-state index < -0.39 is 5.91 Å². The Bertz CT molecular complexity index is 994. The molecule has 0 radical (unpaired) electrons. The van der Waals surface area contributed by atoms with E-state index in [1.165, 1.54) is 18.3 Å². The molecule has 0 aliphatic carbocycles. The van der Waals surface area contributed by atoms with E-state index >= 15 is 0 Å². The fourth-order valence-electron chi connectivity index (χ4n) is 2.52. The van der Waals surface area contributed by atoms with E-state index in [0.29, 0.717) is 13.2 Å². The second-order valence-electron chi connectivity index (χ2n) is 6.32. The maximum atomic E-state index is 11.9. The molecule has 29 heavy (non-hydrogen) atoms. The molecular formula is C22H21N3O4. The first-order valence-corrected chi connectivity index (χ1v) is 9.09. The van der Waals surface area contributed by atoms with Crippen molar-refractivity contribution in [3.8, 4) is 5.75 Å². The first kappa shape index (κ1) is 19.9. The number of carbonyl (C=O) groups excluding carboxylic acids is 2. The predicted molar refractivity (Wildman–Crippen MR) is 108 cm³/mol. The van der Waals surface area contributed by atoms with Crippen molar-refractivity contribution in [3.63, 3.8) is 0 Å². The van der Waals surface area contributed by atoms with Crippen LogP contribution in [-0.2, 0) is 17.9 Å². The van der Waals surface area contributed by atoms with Gasteiger partial charge in [-0.1, -0.05) is 42.5 Å². The Morgan fingerprint density at radius 3 is 2.31 bits per heavy atom. The quantitative estimate of drug-likeness (QED) is 0.547. The summed E-state index contributed by atoms with van der Waals surface area (Å²) in [6.07, 6.45) is 1.30. The Morgan fingerprint density at radius 1 is 0.862 bits per heavy atom. The second kappa shape index (κ2) is 9.89. The lowest BCUT2D eigenvalue weighted by Crippen LogP contribution is -2.36. The molecule has 0 aliphatic heterocycles. The van der Waals surface area contributed by atoms with Crippen molar-refractivity contribution in [1.82, 2.24) is 15.6 Å². The van der Waals surface area contributed by atoms with E-state index in [1.807, 2.05) is 54.6 Å². The number of ether oxygens (including phenoxy) is 1. The van der Waals surface area contributed by atoms with Crippen LogP contribution in [0.4, 0.5) is 0 Å². The van der Waals surface area contributed by atoms with Gasteiger partial charge in [0.05, 0.1) is 12.1 Å². The highest BCUT2D eigenvalue weighted by atomic mass is 16.5. The van der Waals surface area contributed by atoms with Crippen LogP contribution < -0.4 is 20.9 Å². The summed E-state index contributed by atoms with van der Waals surface area (Å²) in [7, 11) is 0. The topological polar surface area (TPSA) is 100 Å². The molecule has 1 heterocycles. The van der Waals surface area contributed by atoms with Crippen LogP contribution in [0.25, 0.3) is 0 Å². The lowest BCUT2D eigenvalue weighted by molar-refractivity contribution is -0.120. The van der Waals surface area contributed by atoms with Crippen LogP contribution in [0.3, 0.4) is 0 Å². The molecule has 2 amide bonds. The third-order valence-corrected chi connectivity index (χ3v) is 4.12. The number of rotatable bonds is 8. The predicted octanol–water partition coefficient (Wildman–Crippen LogP) is 2.00. The summed E-state index contributed by atoms with van der Waals surface area (Å²) >= 11 is 0. The van der Waals surface area contributed by atoms with Gasteiger partial charge in [0.2, 0.25) is 11.5 Å². The van der Waals surface area contributed by atoms with Gasteiger partial charge in [0.1, 0.15) is 12.4 Å². The molecule has 3 N–H and O–H groups in total. The molecule has 0 saturated carbocycles. The van der Waals surface area contributed by atoms with Gasteiger partial charge in [0.25, 0.3) is 5.91 Å². The molecule has 3 rings (SSSR count). The molecule has 0 atom stereocenters. The lowest BCUT2D eigenvalue weighted by atomic mass is 10.2. The van der Waals surface area contributed by atoms with Gasteiger partial charge < -0.3 is 20.4 Å². The summed E-state index contributed by atoms with van der Waals surface area (Å²) in [5.41, 5.74) is 1.99. The van der Waals surface area contributed by atoms with Crippen LogP contribution in [0.2, 0.25) is 0 Å². The smallest absolute Gasteiger partial charge is 0.253 e. The van der Waals surface area contributed by atoms with Crippen molar-refractivity contribution in [1.29, 1.82) is 0 Å². The van der Waals surface area contributed by atoms with Gasteiger partial charge in [-0.05, 0) is 29.3 Å². The molecule has 148 valence electrons. The summed E-state index contributed by atoms with van der Waals surface area (Å²) in [5, 5.41) is 5.24. The molecule has 0 bridgehead atoms. The number of aromatic amines is 1. The number of amides is 2. The van der Waals surface area contributed by atoms with Crippen molar-refractivity contribution >= 4 is 11.8 Å². The molecule has 0 saturated heterocycles. The molecule has 1 aromatic heterocycles. The second-order valence-corrected chi connectivity index (χ2v) is 6.32. The molecule has 7 nitrogen and oxygen atoms in total. The number of H-pyrrole nitrogens is 1. The first-order chi connectivity index (χ1) is 14.1. The number of nitrogens with one attached hydrogen (secondary N) is 3. The third-order valence-electron chi connectivity index (χ3n) is 4.12. The summed E-state index contributed by atoms with van der Waals surface area (Å²) in [6, 6.07) is 20.0. The Hall–Kier alpha value is -3.87. The van der Waals surface area contributed by atoms with Crippen LogP contribution in [0.1, 0.15) is 21.5 Å². The molecule has 2 aromatic carbocycles. The zero-order valence-electron chi connectivity index (χ0n) is 15.7. The Kier molecular flexibility index (Phi) is 6.78. The molecule has 0 spiro atoms. The standard InChI is InChI=1S/C22H21N3O4/c26-20-11-8-18(13-24-20)22(28)25-14-21(27)23-12-16-6-9-19(10-7-16)29-15-17-4-2-1-3-5-17/h1-11,13H,12,14-15H2,(H,23,27)(H,24,26)(H,25,28). The third kappa shape index (κ3) is 6.35. The maximum Gasteiger partial charge on any atom is 0.253 e. The zero-order valence-corrected chi connectivity index (χ0v) is 15.7. The molecule has 3 aromatic rings. The van der Waals surface area contributed by atoms with Crippen molar-refractivity contribution < 1.29 is 14.3 Å². The maximum absolute atomic E-state index is 11.9. The highest BCUT2D eigenvalue weighted by Crippen LogP contribution is 2.14. The van der Waals surface area contributed by atoms with E-state index in [0.717, 1.165) is 16.9 Å². The molecular weight excluding hydrogens is 370 g/mol. The normalized spacial score (nSPS) is 10.2. The van der Waals surface area contributed by atoms with Gasteiger partial charge in [-0.2, -0.15) is 0 Å². The van der Waals surface area contributed by atoms with Crippen LogP contribution in [0, 0.1) is 0 Å². The van der Waals surface area contributed by atoms with E-state index in [-0.39, 0.29) is 23.6 Å². The summed E-state index contributed by atoms with van der Waals surface area (Å²) in [5.74, 6) is 0.000548. The lowest BCUT2D eigenvalue weighted by Gasteiger charge is -2.09. The molecule has 0 aliphatic rings.